The minimum Gasteiger partial charge on any atom is -0.297 e. The normalized spacial score (nSPS) is 17.3. The second kappa shape index (κ2) is 3.65. The molecule has 0 unspecified atom stereocenters. The van der Waals surface area contributed by atoms with Crippen molar-refractivity contribution in [2.24, 2.45) is 0 Å². The maximum absolute atomic E-state index is 3.43. The number of fused-ring (bicyclic) bond motifs is 1. The van der Waals surface area contributed by atoms with Gasteiger partial charge in [-0.2, -0.15) is 0 Å². The Labute approximate surface area is 89.3 Å². The number of hydrogen-bond donors (Lipinski definition) is 2. The molecule has 1 heterocycles. The van der Waals surface area contributed by atoms with E-state index >= 15 is 0 Å². The Kier molecular flexibility index (Phi) is 2.16. The smallest absolute Gasteiger partial charge is 0.0836 e. The molecule has 0 aromatic heterocycles. The Hall–Kier alpha value is -1.38. The van der Waals surface area contributed by atoms with Crippen LogP contribution in [0.25, 0.3) is 10.8 Å². The third kappa shape index (κ3) is 1.62. The molecular weight excluding hydrogens is 184 g/mol. The van der Waals surface area contributed by atoms with E-state index in [2.05, 4.69) is 53.1 Å². The summed E-state index contributed by atoms with van der Waals surface area (Å²) in [5.41, 5.74) is 1.33. The summed E-state index contributed by atoms with van der Waals surface area (Å²) in [4.78, 5) is 0. The molecule has 1 saturated heterocycles. The lowest BCUT2D eigenvalue weighted by atomic mass is 10.1. The van der Waals surface area contributed by atoms with Crippen LogP contribution in [0.1, 0.15) is 11.7 Å². The van der Waals surface area contributed by atoms with E-state index in [1.54, 1.807) is 0 Å². The van der Waals surface area contributed by atoms with Crippen LogP contribution in [0.2, 0.25) is 0 Å². The number of hydrogen-bond acceptors (Lipinski definition) is 2. The Morgan fingerprint density at radius 2 is 1.60 bits per heavy atom. The van der Waals surface area contributed by atoms with Gasteiger partial charge in [0.1, 0.15) is 0 Å². The Morgan fingerprint density at radius 3 is 2.40 bits per heavy atom. The molecule has 2 nitrogen and oxygen atoms in total. The molecule has 15 heavy (non-hydrogen) atoms. The highest BCUT2D eigenvalue weighted by Crippen LogP contribution is 2.20. The SMILES string of the molecule is c1ccc2cc(C3NCCN3)ccc2c1. The van der Waals surface area contributed by atoms with Gasteiger partial charge >= 0.3 is 0 Å². The number of rotatable bonds is 1. The topological polar surface area (TPSA) is 24.1 Å². The summed E-state index contributed by atoms with van der Waals surface area (Å²) >= 11 is 0. The Morgan fingerprint density at radius 1 is 0.867 bits per heavy atom. The molecule has 2 aromatic rings. The maximum Gasteiger partial charge on any atom is 0.0836 e. The van der Waals surface area contributed by atoms with Crippen molar-refractivity contribution in [1.29, 1.82) is 0 Å². The van der Waals surface area contributed by atoms with Gasteiger partial charge in [0, 0.05) is 13.1 Å². The molecule has 1 aliphatic rings. The van der Waals surface area contributed by atoms with Crippen molar-refractivity contribution in [3.63, 3.8) is 0 Å². The van der Waals surface area contributed by atoms with Gasteiger partial charge in [0.15, 0.2) is 0 Å². The van der Waals surface area contributed by atoms with E-state index in [1.165, 1.54) is 16.3 Å². The molecule has 0 saturated carbocycles. The van der Waals surface area contributed by atoms with E-state index in [1.807, 2.05) is 0 Å². The van der Waals surface area contributed by atoms with Gasteiger partial charge in [-0.25, -0.2) is 0 Å². The summed E-state index contributed by atoms with van der Waals surface area (Å²) in [5.74, 6) is 0. The quantitative estimate of drug-likeness (QED) is 0.732. The molecule has 0 spiro atoms. The van der Waals surface area contributed by atoms with E-state index in [9.17, 15) is 0 Å². The summed E-state index contributed by atoms with van der Waals surface area (Å²) in [6, 6.07) is 15.1. The zero-order valence-electron chi connectivity index (χ0n) is 8.53. The van der Waals surface area contributed by atoms with Crippen LogP contribution in [-0.2, 0) is 0 Å². The zero-order chi connectivity index (χ0) is 10.1. The molecule has 3 rings (SSSR count). The molecule has 0 atom stereocenters. The fraction of sp³-hybridized carbons (Fsp3) is 0.231. The molecule has 2 N–H and O–H groups in total. The molecule has 2 heteroatoms. The predicted octanol–water partition coefficient (Wildman–Crippen LogP) is 2.03. The predicted molar refractivity (Wildman–Crippen MR) is 62.7 cm³/mol. The van der Waals surface area contributed by atoms with Crippen molar-refractivity contribution >= 4 is 10.8 Å². The van der Waals surface area contributed by atoms with Crippen molar-refractivity contribution < 1.29 is 0 Å². The highest BCUT2D eigenvalue weighted by molar-refractivity contribution is 5.83. The first-order valence-corrected chi connectivity index (χ1v) is 5.39. The van der Waals surface area contributed by atoms with Gasteiger partial charge in [-0.3, -0.25) is 10.6 Å². The molecule has 1 aliphatic heterocycles. The molecule has 0 bridgehead atoms. The van der Waals surface area contributed by atoms with Crippen molar-refractivity contribution in [2.75, 3.05) is 13.1 Å². The van der Waals surface area contributed by atoms with E-state index in [-0.39, 0.29) is 0 Å². The lowest BCUT2D eigenvalue weighted by Gasteiger charge is -2.11. The standard InChI is InChI=1S/C13H14N2/c1-2-4-11-9-12(6-5-10(11)3-1)13-14-7-8-15-13/h1-6,9,13-15H,7-8H2. The van der Waals surface area contributed by atoms with Crippen molar-refractivity contribution in [3.8, 4) is 0 Å². The van der Waals surface area contributed by atoms with Crippen LogP contribution in [0, 0.1) is 0 Å². The molecule has 1 fully saturated rings. The van der Waals surface area contributed by atoms with Crippen molar-refractivity contribution in [1.82, 2.24) is 10.6 Å². The second-order valence-corrected chi connectivity index (χ2v) is 3.95. The largest absolute Gasteiger partial charge is 0.297 e. The van der Waals surface area contributed by atoms with Crippen LogP contribution < -0.4 is 10.6 Å². The molecule has 2 aromatic carbocycles. The van der Waals surface area contributed by atoms with E-state index in [0.29, 0.717) is 6.17 Å². The van der Waals surface area contributed by atoms with E-state index < -0.39 is 0 Å². The summed E-state index contributed by atoms with van der Waals surface area (Å²) < 4.78 is 0. The van der Waals surface area contributed by atoms with Crippen molar-refractivity contribution in [2.45, 2.75) is 6.17 Å². The van der Waals surface area contributed by atoms with Crippen LogP contribution in [0.3, 0.4) is 0 Å². The van der Waals surface area contributed by atoms with Gasteiger partial charge in [-0.15, -0.1) is 0 Å². The van der Waals surface area contributed by atoms with Crippen LogP contribution >= 0.6 is 0 Å². The van der Waals surface area contributed by atoms with Gasteiger partial charge in [0.25, 0.3) is 0 Å². The number of benzene rings is 2. The van der Waals surface area contributed by atoms with Crippen LogP contribution in [-0.4, -0.2) is 13.1 Å². The average molecular weight is 198 g/mol. The molecular formula is C13H14N2. The number of nitrogens with one attached hydrogen (secondary N) is 2. The molecule has 0 amide bonds. The zero-order valence-corrected chi connectivity index (χ0v) is 8.53. The highest BCUT2D eigenvalue weighted by Gasteiger charge is 2.14. The molecule has 76 valence electrons. The third-order valence-electron chi connectivity index (χ3n) is 2.93. The van der Waals surface area contributed by atoms with Crippen molar-refractivity contribution in [3.05, 3.63) is 48.0 Å². The van der Waals surface area contributed by atoms with Gasteiger partial charge in [0.05, 0.1) is 6.17 Å². The summed E-state index contributed by atoms with van der Waals surface area (Å²) in [6.45, 7) is 2.11. The maximum atomic E-state index is 3.43. The summed E-state index contributed by atoms with van der Waals surface area (Å²) in [7, 11) is 0. The van der Waals surface area contributed by atoms with E-state index in [4.69, 9.17) is 0 Å². The Balaban J connectivity index is 2.05. The lowest BCUT2D eigenvalue weighted by Crippen LogP contribution is -2.20. The minimum absolute atomic E-state index is 0.328. The fourth-order valence-electron chi connectivity index (χ4n) is 2.13. The van der Waals surface area contributed by atoms with Crippen LogP contribution in [0.4, 0.5) is 0 Å². The lowest BCUT2D eigenvalue weighted by molar-refractivity contribution is 0.589. The monoisotopic (exact) mass is 198 g/mol. The highest BCUT2D eigenvalue weighted by atomic mass is 15.2. The second-order valence-electron chi connectivity index (χ2n) is 3.95. The Bertz CT molecular complexity index is 473. The molecule has 0 radical (unpaired) electrons. The van der Waals surface area contributed by atoms with Crippen LogP contribution in [0.15, 0.2) is 42.5 Å². The fourth-order valence-corrected chi connectivity index (χ4v) is 2.13. The molecule has 0 aliphatic carbocycles. The minimum atomic E-state index is 0.328. The first kappa shape index (κ1) is 8.89. The van der Waals surface area contributed by atoms with Gasteiger partial charge in [-0.1, -0.05) is 36.4 Å². The summed E-state index contributed by atoms with van der Waals surface area (Å²) in [6.07, 6.45) is 0.328. The third-order valence-corrected chi connectivity index (χ3v) is 2.93. The van der Waals surface area contributed by atoms with E-state index in [0.717, 1.165) is 13.1 Å². The summed E-state index contributed by atoms with van der Waals surface area (Å²) in [5, 5.41) is 9.47. The first-order chi connectivity index (χ1) is 7.43. The van der Waals surface area contributed by atoms with Gasteiger partial charge in [-0.05, 0) is 22.4 Å². The first-order valence-electron chi connectivity index (χ1n) is 5.39. The van der Waals surface area contributed by atoms with Gasteiger partial charge in [0.2, 0.25) is 0 Å². The van der Waals surface area contributed by atoms with Gasteiger partial charge < -0.3 is 0 Å². The van der Waals surface area contributed by atoms with Crippen LogP contribution in [0.5, 0.6) is 0 Å². The average Bonchev–Trinajstić information content (AvgIpc) is 2.82.